The van der Waals surface area contributed by atoms with Crippen LogP contribution in [-0.2, 0) is 12.0 Å². The van der Waals surface area contributed by atoms with E-state index in [1.807, 2.05) is 26.0 Å². The first-order chi connectivity index (χ1) is 15.3. The lowest BCUT2D eigenvalue weighted by Crippen LogP contribution is -2.19. The first-order valence-electron chi connectivity index (χ1n) is 12.8. The summed E-state index contributed by atoms with van der Waals surface area (Å²) in [5.74, 6) is 2.26. The van der Waals surface area contributed by atoms with Gasteiger partial charge in [0, 0.05) is 5.56 Å². The molecule has 0 fully saturated rings. The molecule has 1 N–H and O–H groups in total. The summed E-state index contributed by atoms with van der Waals surface area (Å²) < 4.78 is 6.24. The highest BCUT2D eigenvalue weighted by molar-refractivity contribution is 5.43. The summed E-state index contributed by atoms with van der Waals surface area (Å²) in [7, 11) is 0. The Morgan fingerprint density at radius 1 is 0.875 bits per heavy atom. The molecule has 0 radical (unpaired) electrons. The number of rotatable bonds is 15. The molecule has 178 valence electrons. The second kappa shape index (κ2) is 13.7. The molecule has 2 atom stereocenters. The van der Waals surface area contributed by atoms with Gasteiger partial charge in [-0.05, 0) is 63.0 Å². The molecule has 0 aliphatic carbocycles. The first kappa shape index (κ1) is 26.5. The van der Waals surface area contributed by atoms with E-state index in [2.05, 4.69) is 57.2 Å². The average Bonchev–Trinajstić information content (AvgIpc) is 2.75. The number of aryl methyl sites for hydroxylation is 1. The van der Waals surface area contributed by atoms with Gasteiger partial charge < -0.3 is 9.84 Å². The van der Waals surface area contributed by atoms with Gasteiger partial charge in [0.2, 0.25) is 0 Å². The van der Waals surface area contributed by atoms with E-state index >= 15 is 0 Å². The molecule has 0 saturated heterocycles. The van der Waals surface area contributed by atoms with Gasteiger partial charge >= 0.3 is 0 Å². The SMILES string of the molecule is CCCCCCCC(CCCOc1c(C)cccc1C(C)(C)O)C(C)Cc1ccccc1. The highest BCUT2D eigenvalue weighted by Crippen LogP contribution is 2.33. The Morgan fingerprint density at radius 2 is 1.56 bits per heavy atom. The number of aliphatic hydroxyl groups is 1. The fraction of sp³-hybridized carbons (Fsp3) is 0.600. The predicted octanol–water partition coefficient (Wildman–Crippen LogP) is 8.24. The van der Waals surface area contributed by atoms with Crippen LogP contribution in [-0.4, -0.2) is 11.7 Å². The van der Waals surface area contributed by atoms with E-state index < -0.39 is 5.60 Å². The number of unbranched alkanes of at least 4 members (excludes halogenated alkanes) is 4. The maximum Gasteiger partial charge on any atom is 0.128 e. The molecule has 32 heavy (non-hydrogen) atoms. The zero-order valence-electron chi connectivity index (χ0n) is 21.2. The Hall–Kier alpha value is -1.80. The number of para-hydroxylation sites is 1. The molecule has 0 amide bonds. The smallest absolute Gasteiger partial charge is 0.128 e. The summed E-state index contributed by atoms with van der Waals surface area (Å²) in [6.07, 6.45) is 11.5. The van der Waals surface area contributed by atoms with Gasteiger partial charge in [-0.15, -0.1) is 0 Å². The minimum atomic E-state index is -0.896. The summed E-state index contributed by atoms with van der Waals surface area (Å²) in [5, 5.41) is 10.5. The van der Waals surface area contributed by atoms with Crippen LogP contribution in [0.2, 0.25) is 0 Å². The normalized spacial score (nSPS) is 13.7. The summed E-state index contributed by atoms with van der Waals surface area (Å²) in [5.41, 5.74) is 2.52. The molecular formula is C30H46O2. The molecule has 2 nitrogen and oxygen atoms in total. The lowest BCUT2D eigenvalue weighted by molar-refractivity contribution is 0.0744. The Labute approximate surface area is 197 Å². The maximum atomic E-state index is 10.5. The Bertz CT molecular complexity index is 760. The van der Waals surface area contributed by atoms with Crippen LogP contribution in [0.15, 0.2) is 48.5 Å². The van der Waals surface area contributed by atoms with E-state index in [0.717, 1.165) is 35.6 Å². The van der Waals surface area contributed by atoms with Crippen LogP contribution in [0, 0.1) is 18.8 Å². The maximum absolute atomic E-state index is 10.5. The topological polar surface area (TPSA) is 29.5 Å². The number of ether oxygens (including phenoxy) is 1. The molecular weight excluding hydrogens is 392 g/mol. The van der Waals surface area contributed by atoms with Gasteiger partial charge in [0.05, 0.1) is 12.2 Å². The lowest BCUT2D eigenvalue weighted by atomic mass is 9.82. The monoisotopic (exact) mass is 438 g/mol. The molecule has 0 heterocycles. The Balaban J connectivity index is 1.93. The van der Waals surface area contributed by atoms with Crippen molar-refractivity contribution in [2.24, 2.45) is 11.8 Å². The fourth-order valence-electron chi connectivity index (χ4n) is 4.72. The number of hydrogen-bond donors (Lipinski definition) is 1. The summed E-state index contributed by atoms with van der Waals surface area (Å²) >= 11 is 0. The highest BCUT2D eigenvalue weighted by Gasteiger charge is 2.22. The van der Waals surface area contributed by atoms with Crippen molar-refractivity contribution in [3.05, 3.63) is 65.2 Å². The summed E-state index contributed by atoms with van der Waals surface area (Å²) in [6, 6.07) is 17.0. The fourth-order valence-corrected chi connectivity index (χ4v) is 4.72. The molecule has 2 unspecified atom stereocenters. The van der Waals surface area contributed by atoms with E-state index in [4.69, 9.17) is 4.74 Å². The molecule has 2 aromatic rings. The van der Waals surface area contributed by atoms with Gasteiger partial charge in [-0.25, -0.2) is 0 Å². The van der Waals surface area contributed by atoms with Crippen molar-refractivity contribution in [1.29, 1.82) is 0 Å². The van der Waals surface area contributed by atoms with Crippen molar-refractivity contribution < 1.29 is 9.84 Å². The quantitative estimate of drug-likeness (QED) is 0.284. The van der Waals surface area contributed by atoms with E-state index in [0.29, 0.717) is 12.5 Å². The third kappa shape index (κ3) is 8.98. The van der Waals surface area contributed by atoms with E-state index in [1.54, 1.807) is 0 Å². The Morgan fingerprint density at radius 3 is 2.25 bits per heavy atom. The van der Waals surface area contributed by atoms with Crippen LogP contribution in [0.4, 0.5) is 0 Å². The minimum absolute atomic E-state index is 0.675. The summed E-state index contributed by atoms with van der Waals surface area (Å²) in [6.45, 7) is 11.1. The van der Waals surface area contributed by atoms with Crippen molar-refractivity contribution in [3.63, 3.8) is 0 Å². The molecule has 2 rings (SSSR count). The molecule has 0 spiro atoms. The third-order valence-corrected chi connectivity index (χ3v) is 6.72. The van der Waals surface area contributed by atoms with E-state index in [9.17, 15) is 5.11 Å². The van der Waals surface area contributed by atoms with Crippen LogP contribution in [0.1, 0.15) is 95.8 Å². The zero-order chi connectivity index (χ0) is 23.4. The second-order valence-electron chi connectivity index (χ2n) is 10.1. The van der Waals surface area contributed by atoms with Crippen molar-refractivity contribution >= 4 is 0 Å². The van der Waals surface area contributed by atoms with E-state index in [-0.39, 0.29) is 0 Å². The van der Waals surface area contributed by atoms with Crippen molar-refractivity contribution in [2.45, 2.75) is 98.0 Å². The van der Waals surface area contributed by atoms with Crippen molar-refractivity contribution in [2.75, 3.05) is 6.61 Å². The Kier molecular flexibility index (Phi) is 11.3. The predicted molar refractivity (Wildman–Crippen MR) is 137 cm³/mol. The molecule has 0 aromatic heterocycles. The van der Waals surface area contributed by atoms with Crippen LogP contribution < -0.4 is 4.74 Å². The molecule has 0 saturated carbocycles. The van der Waals surface area contributed by atoms with Crippen LogP contribution >= 0.6 is 0 Å². The molecule has 0 bridgehead atoms. The molecule has 0 aliphatic rings. The van der Waals surface area contributed by atoms with Crippen molar-refractivity contribution in [1.82, 2.24) is 0 Å². The largest absolute Gasteiger partial charge is 0.493 e. The van der Waals surface area contributed by atoms with Gasteiger partial charge in [0.25, 0.3) is 0 Å². The second-order valence-corrected chi connectivity index (χ2v) is 10.1. The average molecular weight is 439 g/mol. The lowest BCUT2D eigenvalue weighted by Gasteiger charge is -2.26. The highest BCUT2D eigenvalue weighted by atomic mass is 16.5. The van der Waals surface area contributed by atoms with Gasteiger partial charge in [-0.3, -0.25) is 0 Å². The molecule has 2 aromatic carbocycles. The van der Waals surface area contributed by atoms with Gasteiger partial charge in [-0.1, -0.05) is 101 Å². The molecule has 0 aliphatic heterocycles. The van der Waals surface area contributed by atoms with E-state index in [1.165, 1.54) is 50.5 Å². The zero-order valence-corrected chi connectivity index (χ0v) is 21.2. The van der Waals surface area contributed by atoms with Crippen LogP contribution in [0.25, 0.3) is 0 Å². The number of hydrogen-bond acceptors (Lipinski definition) is 2. The first-order valence-corrected chi connectivity index (χ1v) is 12.8. The standard InChI is InChI=1S/C30H46O2/c1-6-7-8-9-13-19-27(25(3)23-26-17-11-10-12-18-26)20-15-22-32-29-24(2)16-14-21-28(29)30(4,5)31/h10-12,14,16-18,21,25,27,31H,6-9,13,15,19-20,22-23H2,1-5H3. The van der Waals surface area contributed by atoms with Crippen LogP contribution in [0.5, 0.6) is 5.75 Å². The van der Waals surface area contributed by atoms with Gasteiger partial charge in [0.1, 0.15) is 5.75 Å². The molecule has 2 heteroatoms. The van der Waals surface area contributed by atoms with Gasteiger partial charge in [0.15, 0.2) is 0 Å². The summed E-state index contributed by atoms with van der Waals surface area (Å²) in [4.78, 5) is 0. The minimum Gasteiger partial charge on any atom is -0.493 e. The third-order valence-electron chi connectivity index (χ3n) is 6.72. The van der Waals surface area contributed by atoms with Crippen molar-refractivity contribution in [3.8, 4) is 5.75 Å². The number of benzene rings is 2. The van der Waals surface area contributed by atoms with Gasteiger partial charge in [-0.2, -0.15) is 0 Å². The van der Waals surface area contributed by atoms with Crippen LogP contribution in [0.3, 0.4) is 0 Å².